The Morgan fingerprint density at radius 2 is 2.10 bits per heavy atom. The fraction of sp³-hybridized carbons (Fsp3) is 0.389. The van der Waals surface area contributed by atoms with Crippen molar-refractivity contribution in [2.75, 3.05) is 31.6 Å². The van der Waals surface area contributed by atoms with Crippen molar-refractivity contribution in [3.05, 3.63) is 36.5 Å². The van der Waals surface area contributed by atoms with Gasteiger partial charge in [0.05, 0.1) is 23.7 Å². The first-order valence-electron chi connectivity index (χ1n) is 9.95. The van der Waals surface area contributed by atoms with Crippen molar-refractivity contribution in [3.8, 4) is 0 Å². The van der Waals surface area contributed by atoms with Gasteiger partial charge in [0.25, 0.3) is 5.91 Å². The van der Waals surface area contributed by atoms with E-state index in [2.05, 4.69) is 25.4 Å². The van der Waals surface area contributed by atoms with Crippen molar-refractivity contribution in [2.45, 2.75) is 19.1 Å². The van der Waals surface area contributed by atoms with Crippen LogP contribution in [0, 0.1) is 0 Å². The van der Waals surface area contributed by atoms with Crippen molar-refractivity contribution >= 4 is 28.4 Å². The Balaban J connectivity index is 1.71. The normalized spacial score (nSPS) is 17.9. The van der Waals surface area contributed by atoms with E-state index in [0.717, 1.165) is 4.68 Å². The summed E-state index contributed by atoms with van der Waals surface area (Å²) in [6, 6.07) is 1.22. The number of amides is 1. The van der Waals surface area contributed by atoms with Crippen molar-refractivity contribution in [1.82, 2.24) is 29.6 Å². The fourth-order valence-electron chi connectivity index (χ4n) is 2.97. The van der Waals surface area contributed by atoms with Crippen molar-refractivity contribution in [2.24, 2.45) is 0 Å². The van der Waals surface area contributed by atoms with E-state index in [1.807, 2.05) is 0 Å². The number of halogens is 3. The summed E-state index contributed by atoms with van der Waals surface area (Å²) in [4.78, 5) is 26.2. The number of fused-ring (bicyclic) bond motifs is 1. The van der Waals surface area contributed by atoms with Gasteiger partial charge in [-0.15, -0.1) is 0 Å². The number of pyridine rings is 1. The summed E-state index contributed by atoms with van der Waals surface area (Å²) in [7, 11) is 0. The zero-order chi connectivity index (χ0) is 22.9. The highest BCUT2D eigenvalue weighted by Crippen LogP contribution is 2.28. The number of hydrogen-bond acceptors (Lipinski definition) is 7. The maximum atomic E-state index is 13.1. The van der Waals surface area contributed by atoms with Gasteiger partial charge in [-0.05, 0) is 12.4 Å². The average Bonchev–Trinajstić information content (AvgIpc) is 2.92. The predicted molar refractivity (Wildman–Crippen MR) is 100 cm³/mol. The minimum Gasteiger partial charge on any atom is -0.380 e. The van der Waals surface area contributed by atoms with Gasteiger partial charge < -0.3 is 15.0 Å². The quantitative estimate of drug-likeness (QED) is 0.688. The number of anilines is 2. The zero-order valence-corrected chi connectivity index (χ0v) is 15.6. The Morgan fingerprint density at radius 1 is 1.23 bits per heavy atom. The summed E-state index contributed by atoms with van der Waals surface area (Å²) >= 11 is 0. The second-order valence-corrected chi connectivity index (χ2v) is 6.45. The van der Waals surface area contributed by atoms with Crippen LogP contribution >= 0.6 is 0 Å². The summed E-state index contributed by atoms with van der Waals surface area (Å²) in [5, 5.41) is 7.06. The number of ether oxygens (including phenoxy) is 1. The van der Waals surface area contributed by atoms with Crippen LogP contribution in [-0.4, -0.2) is 68.0 Å². The molecule has 4 rings (SSSR count). The molecule has 1 aliphatic rings. The van der Waals surface area contributed by atoms with Crippen molar-refractivity contribution in [3.63, 3.8) is 0 Å². The molecule has 12 heteroatoms. The molecule has 3 aromatic heterocycles. The summed E-state index contributed by atoms with van der Waals surface area (Å²) < 4.78 is 61.1. The molecule has 9 nitrogen and oxygen atoms in total. The molecule has 4 heterocycles. The van der Waals surface area contributed by atoms with Crippen molar-refractivity contribution in [1.29, 1.82) is 0 Å². The molecule has 1 fully saturated rings. The number of aromatic nitrogens is 5. The molecule has 1 aliphatic heterocycles. The molecule has 0 radical (unpaired) electrons. The van der Waals surface area contributed by atoms with Crippen LogP contribution in [0.5, 0.6) is 0 Å². The number of hydrogen-bond donors (Lipinski definition) is 1. The summed E-state index contributed by atoms with van der Waals surface area (Å²) in [5.74, 6) is -0.252. The molecule has 1 amide bonds. The van der Waals surface area contributed by atoms with E-state index >= 15 is 0 Å². The number of nitrogens with zero attached hydrogens (tertiary/aromatic N) is 6. The summed E-state index contributed by atoms with van der Waals surface area (Å²) in [5.41, 5.74) is -0.0780. The third-order valence-corrected chi connectivity index (χ3v) is 4.29. The lowest BCUT2D eigenvalue weighted by Crippen LogP contribution is -2.33. The molecule has 0 spiro atoms. The highest BCUT2D eigenvalue weighted by molar-refractivity contribution is 5.98. The molecule has 0 saturated carbocycles. The van der Waals surface area contributed by atoms with E-state index in [0.29, 0.717) is 0 Å². The predicted octanol–water partition coefficient (Wildman–Crippen LogP) is 2.39. The number of rotatable bonds is 4. The minimum atomic E-state index is -4.55. The van der Waals surface area contributed by atoms with E-state index in [1.165, 1.54) is 35.8 Å². The largest absolute Gasteiger partial charge is 0.408 e. The molecule has 0 aromatic carbocycles. The Kier molecular flexibility index (Phi) is 4.82. The number of alkyl halides is 3. The second kappa shape index (κ2) is 8.22. The molecule has 0 unspecified atom stereocenters. The molecule has 0 aliphatic carbocycles. The number of carbonyl (C=O) groups excluding carboxylic acids is 1. The Bertz CT molecular complexity index is 1120. The van der Waals surface area contributed by atoms with Crippen LogP contribution in [0.2, 0.25) is 0 Å². The topological polar surface area (TPSA) is 98.1 Å². The fourth-order valence-corrected chi connectivity index (χ4v) is 2.97. The van der Waals surface area contributed by atoms with E-state index in [1.54, 1.807) is 0 Å². The van der Waals surface area contributed by atoms with Gasteiger partial charge in [-0.2, -0.15) is 18.3 Å². The van der Waals surface area contributed by atoms with Gasteiger partial charge in [0.1, 0.15) is 18.1 Å². The molecule has 30 heavy (non-hydrogen) atoms. The molecule has 3 aromatic rings. The minimum absolute atomic E-state index is 0.0427. The second-order valence-electron chi connectivity index (χ2n) is 6.45. The third-order valence-electron chi connectivity index (χ3n) is 4.29. The van der Waals surface area contributed by atoms with Crippen LogP contribution in [0.1, 0.15) is 19.6 Å². The molecule has 158 valence electrons. The lowest BCUT2D eigenvalue weighted by Gasteiger charge is -2.19. The Labute approximate surface area is 171 Å². The lowest BCUT2D eigenvalue weighted by molar-refractivity contribution is -0.141. The lowest BCUT2D eigenvalue weighted by atomic mass is 10.2. The highest BCUT2D eigenvalue weighted by Gasteiger charge is 2.30. The van der Waals surface area contributed by atoms with Crippen molar-refractivity contribution < 1.29 is 25.4 Å². The number of carbonyl (C=O) groups is 1. The van der Waals surface area contributed by atoms with E-state index < -0.39 is 25.0 Å². The molecular weight excluding hydrogens is 403 g/mol. The molecule has 1 N–H and O–H groups in total. The van der Waals surface area contributed by atoms with Gasteiger partial charge in [0, 0.05) is 41.0 Å². The Hall–Kier alpha value is -3.28. The molecular formula is C18H18F3N7O2. The van der Waals surface area contributed by atoms with Gasteiger partial charge in [-0.3, -0.25) is 19.4 Å². The summed E-state index contributed by atoms with van der Waals surface area (Å²) in [6.45, 7) is -1.46. The van der Waals surface area contributed by atoms with Crippen LogP contribution in [0.15, 0.2) is 30.9 Å². The van der Waals surface area contributed by atoms with E-state index in [-0.39, 0.29) is 54.5 Å². The zero-order valence-electron chi connectivity index (χ0n) is 17.6. The monoisotopic (exact) mass is 423 g/mol. The van der Waals surface area contributed by atoms with Crippen LogP contribution in [0.3, 0.4) is 0 Å². The van der Waals surface area contributed by atoms with Gasteiger partial charge in [0.2, 0.25) is 0 Å². The van der Waals surface area contributed by atoms with Gasteiger partial charge in [-0.25, -0.2) is 4.98 Å². The Morgan fingerprint density at radius 3 is 2.87 bits per heavy atom. The average molecular weight is 423 g/mol. The maximum Gasteiger partial charge on any atom is 0.408 e. The van der Waals surface area contributed by atoms with Gasteiger partial charge >= 0.3 is 6.18 Å². The highest BCUT2D eigenvalue weighted by atomic mass is 19.4. The summed E-state index contributed by atoms with van der Waals surface area (Å²) in [6.07, 6.45) is -0.799. The maximum absolute atomic E-state index is 13.1. The van der Waals surface area contributed by atoms with Crippen LogP contribution in [0.25, 0.3) is 10.9 Å². The number of nitrogens with one attached hydrogen (secondary N) is 1. The third kappa shape index (κ3) is 4.48. The van der Waals surface area contributed by atoms with Gasteiger partial charge in [-0.1, -0.05) is 0 Å². The molecule has 1 saturated heterocycles. The smallest absolute Gasteiger partial charge is 0.380 e. The van der Waals surface area contributed by atoms with E-state index in [4.69, 9.17) is 7.48 Å². The molecule has 0 atom stereocenters. The first-order valence-corrected chi connectivity index (χ1v) is 8.95. The van der Waals surface area contributed by atoms with Crippen LogP contribution in [0.4, 0.5) is 24.8 Å². The van der Waals surface area contributed by atoms with Crippen LogP contribution in [-0.2, 0) is 11.3 Å². The standard InChI is InChI=1S/C18H18F3N7O2/c19-18(20,21)11-28-14-8-13(17(29)27-4-1-6-30-7-5-27)24-9-12(14)16(26-28)25-15-10-22-2-3-23-15/h2-3,8-10H,1,4-7,11H2,(H,23,25,26)/i1D2. The van der Waals surface area contributed by atoms with Crippen LogP contribution < -0.4 is 5.32 Å². The SMILES string of the molecule is [2H]C1([2H])COCCN(C(=O)c2cc3c(cn2)c(Nc2cnccn2)nn3CC(F)(F)F)C1. The first-order chi connectivity index (χ1) is 15.1. The first kappa shape index (κ1) is 17.6. The molecule has 0 bridgehead atoms. The van der Waals surface area contributed by atoms with E-state index in [9.17, 15) is 18.0 Å². The van der Waals surface area contributed by atoms with Gasteiger partial charge in [0.15, 0.2) is 5.82 Å².